The fourth-order valence-corrected chi connectivity index (χ4v) is 3.56. The van der Waals surface area contributed by atoms with Gasteiger partial charge in [-0.05, 0) is 29.1 Å². The minimum atomic E-state index is -0.493. The second-order valence-corrected chi connectivity index (χ2v) is 7.25. The number of halogens is 1. The van der Waals surface area contributed by atoms with Gasteiger partial charge in [0, 0.05) is 43.2 Å². The van der Waals surface area contributed by atoms with Gasteiger partial charge in [0.05, 0.1) is 0 Å². The topological polar surface area (TPSA) is 85.8 Å². The highest BCUT2D eigenvalue weighted by molar-refractivity contribution is 7.08. The summed E-state index contributed by atoms with van der Waals surface area (Å²) in [5.74, 6) is 1.03. The van der Waals surface area contributed by atoms with Gasteiger partial charge in [0.15, 0.2) is 0 Å². The van der Waals surface area contributed by atoms with E-state index in [2.05, 4.69) is 20.4 Å². The van der Waals surface area contributed by atoms with Gasteiger partial charge >= 0.3 is 0 Å². The fraction of sp³-hybridized carbons (Fsp3) is 0.200. The van der Waals surface area contributed by atoms with Crippen LogP contribution < -0.4 is 5.32 Å². The third-order valence-corrected chi connectivity index (χ3v) is 5.12. The van der Waals surface area contributed by atoms with Crippen molar-refractivity contribution in [3.8, 4) is 11.4 Å². The molecule has 148 valence electrons. The second-order valence-electron chi connectivity index (χ2n) is 6.47. The molecule has 0 aliphatic rings. The Labute approximate surface area is 170 Å². The molecule has 0 saturated heterocycles. The number of imidazole rings is 1. The molecule has 1 amide bonds. The van der Waals surface area contributed by atoms with Crippen molar-refractivity contribution in [3.05, 3.63) is 76.6 Å². The summed E-state index contributed by atoms with van der Waals surface area (Å²) >= 11 is 1.55. The molecule has 4 aromatic rings. The normalized spacial score (nSPS) is 12.1. The number of aromatic nitrogens is 4. The number of carbonyl (C=O) groups excluding carboxylic acids is 1. The van der Waals surface area contributed by atoms with Crippen LogP contribution in [0, 0.1) is 5.82 Å². The van der Waals surface area contributed by atoms with Crippen molar-refractivity contribution < 1.29 is 13.7 Å². The zero-order chi connectivity index (χ0) is 20.2. The Bertz CT molecular complexity index is 1090. The van der Waals surface area contributed by atoms with Crippen LogP contribution in [0.1, 0.15) is 29.7 Å². The first kappa shape index (κ1) is 19.0. The van der Waals surface area contributed by atoms with Crippen LogP contribution in [-0.2, 0) is 18.3 Å². The van der Waals surface area contributed by atoms with Crippen LogP contribution in [0.5, 0.6) is 0 Å². The minimum absolute atomic E-state index is 0.174. The summed E-state index contributed by atoms with van der Waals surface area (Å²) in [4.78, 5) is 21.3. The lowest BCUT2D eigenvalue weighted by atomic mass is 10.1. The maximum atomic E-state index is 13.3. The van der Waals surface area contributed by atoms with Crippen LogP contribution in [0.3, 0.4) is 0 Å². The molecule has 4 rings (SSSR count). The second kappa shape index (κ2) is 8.36. The lowest BCUT2D eigenvalue weighted by Gasteiger charge is -2.19. The van der Waals surface area contributed by atoms with Crippen LogP contribution in [0.25, 0.3) is 11.4 Å². The molecule has 1 unspecified atom stereocenters. The van der Waals surface area contributed by atoms with E-state index >= 15 is 0 Å². The van der Waals surface area contributed by atoms with Crippen molar-refractivity contribution in [3.63, 3.8) is 0 Å². The third kappa shape index (κ3) is 4.40. The summed E-state index contributed by atoms with van der Waals surface area (Å²) in [7, 11) is 1.84. The van der Waals surface area contributed by atoms with Gasteiger partial charge in [-0.25, -0.2) is 9.37 Å². The van der Waals surface area contributed by atoms with Gasteiger partial charge in [-0.15, -0.1) is 0 Å². The quantitative estimate of drug-likeness (QED) is 0.503. The zero-order valence-electron chi connectivity index (χ0n) is 15.6. The first-order chi connectivity index (χ1) is 14.1. The van der Waals surface area contributed by atoms with E-state index in [0.29, 0.717) is 24.0 Å². The molecule has 0 radical (unpaired) electrons. The Balaban J connectivity index is 1.44. The smallest absolute Gasteiger partial charge is 0.227 e. The highest BCUT2D eigenvalue weighted by atomic mass is 32.1. The number of nitrogens with one attached hydrogen (secondary N) is 1. The van der Waals surface area contributed by atoms with Gasteiger partial charge < -0.3 is 14.4 Å². The number of hydrogen-bond acceptors (Lipinski definition) is 6. The Kier molecular flexibility index (Phi) is 5.48. The van der Waals surface area contributed by atoms with E-state index in [1.54, 1.807) is 35.9 Å². The van der Waals surface area contributed by atoms with Gasteiger partial charge in [-0.1, -0.05) is 17.3 Å². The lowest BCUT2D eigenvalue weighted by Crippen LogP contribution is -2.31. The molecule has 0 saturated carbocycles. The molecule has 29 heavy (non-hydrogen) atoms. The molecule has 0 aliphatic carbocycles. The fourth-order valence-electron chi connectivity index (χ4n) is 2.93. The van der Waals surface area contributed by atoms with Crippen LogP contribution in [0.15, 0.2) is 58.0 Å². The summed E-state index contributed by atoms with van der Waals surface area (Å²) < 4.78 is 20.4. The van der Waals surface area contributed by atoms with Crippen LogP contribution >= 0.6 is 11.3 Å². The Morgan fingerprint density at radius 1 is 1.31 bits per heavy atom. The molecule has 1 N–H and O–H groups in total. The summed E-state index contributed by atoms with van der Waals surface area (Å²) in [6.45, 7) is 0. The monoisotopic (exact) mass is 411 g/mol. The maximum Gasteiger partial charge on any atom is 0.227 e. The number of hydrogen-bond donors (Lipinski definition) is 1. The van der Waals surface area contributed by atoms with Gasteiger partial charge in [-0.2, -0.15) is 16.3 Å². The van der Waals surface area contributed by atoms with Gasteiger partial charge in [0.25, 0.3) is 0 Å². The number of aryl methyl sites for hydroxylation is 2. The first-order valence-corrected chi connectivity index (χ1v) is 9.91. The van der Waals surface area contributed by atoms with Crippen LogP contribution in [-0.4, -0.2) is 25.6 Å². The van der Waals surface area contributed by atoms with E-state index in [0.717, 1.165) is 11.1 Å². The number of carbonyl (C=O) groups is 1. The van der Waals surface area contributed by atoms with Crippen LogP contribution in [0.4, 0.5) is 4.39 Å². The predicted octanol–water partition coefficient (Wildman–Crippen LogP) is 3.51. The molecule has 3 heterocycles. The van der Waals surface area contributed by atoms with E-state index in [1.807, 2.05) is 28.4 Å². The molecular weight excluding hydrogens is 393 g/mol. The van der Waals surface area contributed by atoms with Gasteiger partial charge in [0.1, 0.15) is 17.7 Å². The molecular formula is C20H18FN5O2S. The number of thiophene rings is 1. The van der Waals surface area contributed by atoms with E-state index in [9.17, 15) is 9.18 Å². The van der Waals surface area contributed by atoms with E-state index in [1.165, 1.54) is 12.1 Å². The zero-order valence-corrected chi connectivity index (χ0v) is 16.4. The van der Waals surface area contributed by atoms with Crippen molar-refractivity contribution in [2.75, 3.05) is 0 Å². The van der Waals surface area contributed by atoms with Crippen LogP contribution in [0.2, 0.25) is 0 Å². The predicted molar refractivity (Wildman–Crippen MR) is 106 cm³/mol. The SMILES string of the molecule is Cn1ccnc1C(NC(=O)CCc1nc(-c2ccsc2)no1)c1ccc(F)cc1. The molecule has 0 spiro atoms. The number of benzene rings is 1. The molecule has 0 aliphatic heterocycles. The van der Waals surface area contributed by atoms with Gasteiger partial charge in [0.2, 0.25) is 17.6 Å². The molecule has 0 bridgehead atoms. The van der Waals surface area contributed by atoms with Gasteiger partial charge in [-0.3, -0.25) is 4.79 Å². The molecule has 3 aromatic heterocycles. The largest absolute Gasteiger partial charge is 0.342 e. The highest BCUT2D eigenvalue weighted by Crippen LogP contribution is 2.22. The van der Waals surface area contributed by atoms with Crippen molar-refractivity contribution in [2.45, 2.75) is 18.9 Å². The number of rotatable bonds is 7. The van der Waals surface area contributed by atoms with E-state index < -0.39 is 6.04 Å². The summed E-state index contributed by atoms with van der Waals surface area (Å²) in [5, 5.41) is 10.8. The Hall–Kier alpha value is -3.33. The highest BCUT2D eigenvalue weighted by Gasteiger charge is 2.21. The minimum Gasteiger partial charge on any atom is -0.342 e. The van der Waals surface area contributed by atoms with E-state index in [-0.39, 0.29) is 18.1 Å². The summed E-state index contributed by atoms with van der Waals surface area (Å²) in [6.07, 6.45) is 3.94. The van der Waals surface area contributed by atoms with Crippen molar-refractivity contribution >= 4 is 17.2 Å². The Morgan fingerprint density at radius 2 is 2.14 bits per heavy atom. The average Bonchev–Trinajstić information content (AvgIpc) is 3.47. The third-order valence-electron chi connectivity index (χ3n) is 4.44. The van der Waals surface area contributed by atoms with Crippen molar-refractivity contribution in [1.29, 1.82) is 0 Å². The first-order valence-electron chi connectivity index (χ1n) is 8.97. The van der Waals surface area contributed by atoms with Crippen molar-refractivity contribution in [2.24, 2.45) is 7.05 Å². The molecule has 1 atom stereocenters. The molecule has 0 fully saturated rings. The maximum absolute atomic E-state index is 13.3. The average molecular weight is 411 g/mol. The summed E-state index contributed by atoms with van der Waals surface area (Å²) in [5.41, 5.74) is 1.63. The number of nitrogens with zero attached hydrogens (tertiary/aromatic N) is 4. The number of amides is 1. The van der Waals surface area contributed by atoms with E-state index in [4.69, 9.17) is 4.52 Å². The molecule has 9 heteroatoms. The molecule has 7 nitrogen and oxygen atoms in total. The van der Waals surface area contributed by atoms with Crippen molar-refractivity contribution in [1.82, 2.24) is 25.0 Å². The Morgan fingerprint density at radius 3 is 2.83 bits per heavy atom. The molecule has 1 aromatic carbocycles. The standard InChI is InChI=1S/C20H18FN5O2S/c1-26-10-9-22-20(26)18(13-2-4-15(21)5-3-13)23-16(27)6-7-17-24-19(25-28-17)14-8-11-29-12-14/h2-5,8-12,18H,6-7H2,1H3,(H,23,27). The lowest BCUT2D eigenvalue weighted by molar-refractivity contribution is -0.121. The summed E-state index contributed by atoms with van der Waals surface area (Å²) in [6, 6.07) is 7.42.